The van der Waals surface area contributed by atoms with Crippen molar-refractivity contribution in [3.05, 3.63) is 0 Å². The highest BCUT2D eigenvalue weighted by molar-refractivity contribution is 5.87. The molecule has 3 fully saturated rings. The smallest absolute Gasteiger partial charge is 0.163 e. The number of ketones is 1. The van der Waals surface area contributed by atoms with Gasteiger partial charge in [0, 0.05) is 17.8 Å². The lowest BCUT2D eigenvalue weighted by Gasteiger charge is -2.52. The summed E-state index contributed by atoms with van der Waals surface area (Å²) < 4.78 is 11.3. The van der Waals surface area contributed by atoms with Crippen molar-refractivity contribution >= 4 is 5.78 Å². The maximum atomic E-state index is 11.5. The minimum atomic E-state index is -0.0570. The maximum absolute atomic E-state index is 11.5. The predicted octanol–water partition coefficient (Wildman–Crippen LogP) is 1.75. The van der Waals surface area contributed by atoms with Crippen molar-refractivity contribution < 1.29 is 14.3 Å². The number of carbonyl (C=O) groups excluding carboxylic acids is 1. The minimum absolute atomic E-state index is 0.0570. The minimum Gasteiger partial charge on any atom is -0.350 e. The molecule has 2 aliphatic carbocycles. The molecule has 0 spiro atoms. The molecular weight excluding hydrogens is 192 g/mol. The Bertz CT molecular complexity index is 283. The predicted molar refractivity (Wildman–Crippen MR) is 54.3 cm³/mol. The van der Waals surface area contributed by atoms with Gasteiger partial charge in [-0.1, -0.05) is 13.3 Å². The lowest BCUT2D eigenvalue weighted by atomic mass is 9.53. The summed E-state index contributed by atoms with van der Waals surface area (Å²) in [5.74, 6) is 1.29. The standard InChI is InChI=1S/C12H18O3/c1-12(11-14-5-6-15-11)4-2-3-8-9(12)7-10(8)13/h8-9,11H,2-7H2,1H3/t8-,9-,12+/m1/s1. The van der Waals surface area contributed by atoms with Crippen LogP contribution in [-0.2, 0) is 14.3 Å². The van der Waals surface area contributed by atoms with Gasteiger partial charge in [-0.2, -0.15) is 0 Å². The van der Waals surface area contributed by atoms with Crippen LogP contribution in [0.2, 0.25) is 0 Å². The maximum Gasteiger partial charge on any atom is 0.163 e. The summed E-state index contributed by atoms with van der Waals surface area (Å²) in [7, 11) is 0. The molecule has 0 amide bonds. The fourth-order valence-corrected chi connectivity index (χ4v) is 3.55. The van der Waals surface area contributed by atoms with Gasteiger partial charge in [-0.3, -0.25) is 4.79 Å². The molecule has 84 valence electrons. The van der Waals surface area contributed by atoms with Crippen LogP contribution < -0.4 is 0 Å². The van der Waals surface area contributed by atoms with E-state index in [4.69, 9.17) is 9.47 Å². The van der Waals surface area contributed by atoms with E-state index in [-0.39, 0.29) is 11.7 Å². The van der Waals surface area contributed by atoms with Gasteiger partial charge in [0.05, 0.1) is 13.2 Å². The van der Waals surface area contributed by atoms with E-state index in [9.17, 15) is 4.79 Å². The van der Waals surface area contributed by atoms with E-state index < -0.39 is 0 Å². The van der Waals surface area contributed by atoms with Crippen molar-refractivity contribution in [3.8, 4) is 0 Å². The summed E-state index contributed by atoms with van der Waals surface area (Å²) in [5.41, 5.74) is 0.0906. The first-order chi connectivity index (χ1) is 7.22. The summed E-state index contributed by atoms with van der Waals surface area (Å²) in [6.45, 7) is 3.67. The molecule has 15 heavy (non-hydrogen) atoms. The highest BCUT2D eigenvalue weighted by Gasteiger charge is 2.56. The molecule has 3 nitrogen and oxygen atoms in total. The number of fused-ring (bicyclic) bond motifs is 1. The zero-order valence-corrected chi connectivity index (χ0v) is 9.20. The topological polar surface area (TPSA) is 35.5 Å². The van der Waals surface area contributed by atoms with Gasteiger partial charge in [-0.25, -0.2) is 0 Å². The van der Waals surface area contributed by atoms with Crippen LogP contribution in [-0.4, -0.2) is 25.3 Å². The summed E-state index contributed by atoms with van der Waals surface area (Å²) >= 11 is 0. The quantitative estimate of drug-likeness (QED) is 0.661. The molecule has 0 bridgehead atoms. The Labute approximate surface area is 90.1 Å². The third kappa shape index (κ3) is 1.29. The van der Waals surface area contributed by atoms with Gasteiger partial charge in [-0.05, 0) is 18.8 Å². The van der Waals surface area contributed by atoms with Gasteiger partial charge in [-0.15, -0.1) is 0 Å². The molecule has 1 heterocycles. The van der Waals surface area contributed by atoms with E-state index >= 15 is 0 Å². The monoisotopic (exact) mass is 210 g/mol. The Hall–Kier alpha value is -0.410. The highest BCUT2D eigenvalue weighted by Crippen LogP contribution is 2.55. The molecule has 0 unspecified atom stereocenters. The third-order valence-electron chi connectivity index (χ3n) is 4.56. The number of Topliss-reactive ketones (excluding diaryl/α,β-unsaturated/α-hetero) is 1. The lowest BCUT2D eigenvalue weighted by molar-refractivity contribution is -0.191. The number of rotatable bonds is 1. The van der Waals surface area contributed by atoms with E-state index in [0.29, 0.717) is 30.8 Å². The molecule has 2 saturated carbocycles. The van der Waals surface area contributed by atoms with Gasteiger partial charge in [0.2, 0.25) is 0 Å². The van der Waals surface area contributed by atoms with Crippen LogP contribution >= 0.6 is 0 Å². The fourth-order valence-electron chi connectivity index (χ4n) is 3.55. The van der Waals surface area contributed by atoms with E-state index in [2.05, 4.69) is 6.92 Å². The fraction of sp³-hybridized carbons (Fsp3) is 0.917. The summed E-state index contributed by atoms with van der Waals surface area (Å²) in [5, 5.41) is 0. The second-order valence-corrected chi connectivity index (χ2v) is 5.35. The molecule has 0 aromatic carbocycles. The van der Waals surface area contributed by atoms with Gasteiger partial charge in [0.15, 0.2) is 6.29 Å². The molecule has 1 aliphatic heterocycles. The third-order valence-corrected chi connectivity index (χ3v) is 4.56. The van der Waals surface area contributed by atoms with E-state index in [1.54, 1.807) is 0 Å². The lowest BCUT2D eigenvalue weighted by Crippen LogP contribution is -2.54. The molecule has 0 radical (unpaired) electrons. The summed E-state index contributed by atoms with van der Waals surface area (Å²) in [6.07, 6.45) is 4.08. The molecular formula is C12H18O3. The van der Waals surface area contributed by atoms with Gasteiger partial charge in [0.1, 0.15) is 5.78 Å². The molecule has 3 heteroatoms. The number of ether oxygens (including phenoxy) is 2. The largest absolute Gasteiger partial charge is 0.350 e. The molecule has 3 atom stereocenters. The molecule has 0 aromatic rings. The van der Waals surface area contributed by atoms with E-state index in [0.717, 1.165) is 25.7 Å². The molecule has 3 aliphatic rings. The second kappa shape index (κ2) is 3.29. The van der Waals surface area contributed by atoms with Crippen LogP contribution in [0.1, 0.15) is 32.6 Å². The first kappa shape index (κ1) is 9.79. The van der Waals surface area contributed by atoms with Crippen molar-refractivity contribution in [2.75, 3.05) is 13.2 Å². The molecule has 0 aromatic heterocycles. The Morgan fingerprint density at radius 3 is 2.73 bits per heavy atom. The normalized spacial score (nSPS) is 46.3. The molecule has 3 rings (SSSR count). The van der Waals surface area contributed by atoms with Crippen molar-refractivity contribution in [1.29, 1.82) is 0 Å². The summed E-state index contributed by atoms with van der Waals surface area (Å²) in [6, 6.07) is 0. The number of carbonyl (C=O) groups is 1. The zero-order valence-electron chi connectivity index (χ0n) is 9.20. The number of hydrogen-bond donors (Lipinski definition) is 0. The summed E-state index contributed by atoms with van der Waals surface area (Å²) in [4.78, 5) is 11.5. The molecule has 1 saturated heterocycles. The Morgan fingerprint density at radius 1 is 1.33 bits per heavy atom. The van der Waals surface area contributed by atoms with Crippen LogP contribution in [0, 0.1) is 17.3 Å². The van der Waals surface area contributed by atoms with E-state index in [1.165, 1.54) is 0 Å². The Kier molecular flexibility index (Phi) is 2.15. The van der Waals surface area contributed by atoms with Gasteiger partial charge >= 0.3 is 0 Å². The zero-order chi connectivity index (χ0) is 10.5. The molecule has 0 N–H and O–H groups in total. The Morgan fingerprint density at radius 2 is 2.07 bits per heavy atom. The van der Waals surface area contributed by atoms with Crippen LogP contribution in [0.4, 0.5) is 0 Å². The van der Waals surface area contributed by atoms with Crippen LogP contribution in [0.3, 0.4) is 0 Å². The van der Waals surface area contributed by atoms with Crippen LogP contribution in [0.25, 0.3) is 0 Å². The average Bonchev–Trinajstić information content (AvgIpc) is 2.73. The van der Waals surface area contributed by atoms with Gasteiger partial charge in [0.25, 0.3) is 0 Å². The average molecular weight is 210 g/mol. The van der Waals surface area contributed by atoms with E-state index in [1.807, 2.05) is 0 Å². The van der Waals surface area contributed by atoms with Gasteiger partial charge < -0.3 is 9.47 Å². The van der Waals surface area contributed by atoms with Crippen LogP contribution in [0.5, 0.6) is 0 Å². The first-order valence-corrected chi connectivity index (χ1v) is 5.98. The highest BCUT2D eigenvalue weighted by atomic mass is 16.7. The number of hydrogen-bond acceptors (Lipinski definition) is 3. The Balaban J connectivity index is 1.81. The van der Waals surface area contributed by atoms with Crippen molar-refractivity contribution in [1.82, 2.24) is 0 Å². The van der Waals surface area contributed by atoms with Crippen molar-refractivity contribution in [2.24, 2.45) is 17.3 Å². The van der Waals surface area contributed by atoms with Crippen molar-refractivity contribution in [3.63, 3.8) is 0 Å². The van der Waals surface area contributed by atoms with Crippen LogP contribution in [0.15, 0.2) is 0 Å². The second-order valence-electron chi connectivity index (χ2n) is 5.35. The first-order valence-electron chi connectivity index (χ1n) is 5.98. The SMILES string of the molecule is C[C@]1(C2OCCO2)CCC[C@H]2C(=O)C[C@H]21. The van der Waals surface area contributed by atoms with Crippen molar-refractivity contribution in [2.45, 2.75) is 38.9 Å².